The van der Waals surface area contributed by atoms with Crippen LogP contribution in [0.15, 0.2) is 18.2 Å². The number of aromatic carboxylic acids is 1. The second-order valence-corrected chi connectivity index (χ2v) is 2.98. The predicted octanol–water partition coefficient (Wildman–Crippen LogP) is 1.92. The fourth-order valence-electron chi connectivity index (χ4n) is 1.25. The first-order chi connectivity index (χ1) is 6.15. The van der Waals surface area contributed by atoms with E-state index in [1.165, 1.54) is 0 Å². The predicted molar refractivity (Wildman–Crippen MR) is 51.8 cm³/mol. The molecule has 0 atom stereocenters. The molecule has 0 radical (unpaired) electrons. The minimum atomic E-state index is -0.972. The van der Waals surface area contributed by atoms with Crippen LogP contribution in [0, 0.1) is 0 Å². The van der Waals surface area contributed by atoms with Crippen molar-refractivity contribution in [3.8, 4) is 0 Å². The molecule has 0 saturated heterocycles. The Morgan fingerprint density at radius 2 is 2.23 bits per heavy atom. The van der Waals surface area contributed by atoms with E-state index in [0.717, 1.165) is 18.4 Å². The van der Waals surface area contributed by atoms with Crippen LogP contribution in [0.4, 0.5) is 5.69 Å². The van der Waals surface area contributed by atoms with Crippen LogP contribution in [0.5, 0.6) is 0 Å². The molecule has 0 bridgehead atoms. The molecule has 0 aliphatic heterocycles. The van der Waals surface area contributed by atoms with Gasteiger partial charge >= 0.3 is 5.97 Å². The molecule has 0 unspecified atom stereocenters. The molecule has 0 fully saturated rings. The molecule has 0 spiro atoms. The summed E-state index contributed by atoms with van der Waals surface area (Å²) in [7, 11) is 0. The molecule has 0 aliphatic rings. The Morgan fingerprint density at radius 3 is 2.69 bits per heavy atom. The minimum absolute atomic E-state index is 0.180. The van der Waals surface area contributed by atoms with Gasteiger partial charge in [0.2, 0.25) is 0 Å². The Hall–Kier alpha value is -1.51. The molecule has 3 nitrogen and oxygen atoms in total. The van der Waals surface area contributed by atoms with E-state index in [1.807, 2.05) is 6.07 Å². The van der Waals surface area contributed by atoms with Crippen LogP contribution in [-0.2, 0) is 6.42 Å². The smallest absolute Gasteiger partial charge is 0.337 e. The zero-order chi connectivity index (χ0) is 9.84. The third-order valence-corrected chi connectivity index (χ3v) is 1.89. The van der Waals surface area contributed by atoms with Crippen LogP contribution in [0.25, 0.3) is 0 Å². The molecular weight excluding hydrogens is 166 g/mol. The number of rotatable bonds is 3. The maximum atomic E-state index is 10.6. The van der Waals surface area contributed by atoms with E-state index in [2.05, 4.69) is 6.92 Å². The number of hydrogen-bond acceptors (Lipinski definition) is 2. The number of benzene rings is 1. The van der Waals surface area contributed by atoms with Crippen LogP contribution >= 0.6 is 0 Å². The van der Waals surface area contributed by atoms with Crippen molar-refractivity contribution in [2.45, 2.75) is 19.8 Å². The Bertz CT molecular complexity index is 321. The van der Waals surface area contributed by atoms with E-state index in [-0.39, 0.29) is 5.56 Å². The zero-order valence-electron chi connectivity index (χ0n) is 7.58. The number of aryl methyl sites for hydroxylation is 1. The van der Waals surface area contributed by atoms with Gasteiger partial charge in [-0.25, -0.2) is 4.79 Å². The van der Waals surface area contributed by atoms with Crippen molar-refractivity contribution in [1.29, 1.82) is 0 Å². The molecule has 3 N–H and O–H groups in total. The third-order valence-electron chi connectivity index (χ3n) is 1.89. The first-order valence-electron chi connectivity index (χ1n) is 4.27. The maximum absolute atomic E-state index is 10.6. The highest BCUT2D eigenvalue weighted by molar-refractivity contribution is 5.93. The van der Waals surface area contributed by atoms with Crippen LogP contribution in [0.3, 0.4) is 0 Å². The Balaban J connectivity index is 2.98. The van der Waals surface area contributed by atoms with Gasteiger partial charge in [-0.15, -0.1) is 0 Å². The topological polar surface area (TPSA) is 63.3 Å². The molecule has 0 heterocycles. The summed E-state index contributed by atoms with van der Waals surface area (Å²) in [6, 6.07) is 5.10. The highest BCUT2D eigenvalue weighted by Gasteiger charge is 2.06. The van der Waals surface area contributed by atoms with Crippen LogP contribution in [0.2, 0.25) is 0 Å². The molecule has 1 aromatic rings. The minimum Gasteiger partial charge on any atom is -0.478 e. The van der Waals surface area contributed by atoms with Crippen LogP contribution in [0.1, 0.15) is 29.3 Å². The van der Waals surface area contributed by atoms with E-state index in [4.69, 9.17) is 10.8 Å². The largest absolute Gasteiger partial charge is 0.478 e. The highest BCUT2D eigenvalue weighted by Crippen LogP contribution is 2.15. The van der Waals surface area contributed by atoms with Gasteiger partial charge in [0, 0.05) is 5.69 Å². The lowest BCUT2D eigenvalue weighted by atomic mass is 10.1. The molecule has 0 aliphatic carbocycles. The average Bonchev–Trinajstić information content (AvgIpc) is 2.04. The molecule has 0 amide bonds. The number of hydrogen-bond donors (Lipinski definition) is 2. The molecule has 0 aromatic heterocycles. The van der Waals surface area contributed by atoms with Crippen molar-refractivity contribution in [3.63, 3.8) is 0 Å². The second-order valence-electron chi connectivity index (χ2n) is 2.98. The number of anilines is 1. The van der Waals surface area contributed by atoms with Gasteiger partial charge in [0.05, 0.1) is 5.56 Å². The van der Waals surface area contributed by atoms with Gasteiger partial charge < -0.3 is 10.8 Å². The number of nitrogens with two attached hydrogens (primary N) is 1. The second kappa shape index (κ2) is 3.94. The summed E-state index contributed by atoms with van der Waals surface area (Å²) in [4.78, 5) is 10.6. The van der Waals surface area contributed by atoms with Crippen LogP contribution in [-0.4, -0.2) is 11.1 Å². The summed E-state index contributed by atoms with van der Waals surface area (Å²) >= 11 is 0. The summed E-state index contributed by atoms with van der Waals surface area (Å²) in [5.41, 5.74) is 7.19. The number of nitrogen functional groups attached to an aromatic ring is 1. The third kappa shape index (κ3) is 2.21. The van der Waals surface area contributed by atoms with Crippen molar-refractivity contribution < 1.29 is 9.90 Å². The molecule has 13 heavy (non-hydrogen) atoms. The number of carbonyl (C=O) groups is 1. The van der Waals surface area contributed by atoms with Crippen molar-refractivity contribution in [3.05, 3.63) is 29.3 Å². The van der Waals surface area contributed by atoms with Gasteiger partial charge in [-0.1, -0.05) is 19.4 Å². The Kier molecular flexibility index (Phi) is 2.90. The first-order valence-corrected chi connectivity index (χ1v) is 4.27. The fraction of sp³-hybridized carbons (Fsp3) is 0.300. The molecule has 3 heteroatoms. The quantitative estimate of drug-likeness (QED) is 0.697. The summed E-state index contributed by atoms with van der Waals surface area (Å²) in [6.07, 6.45) is 1.97. The van der Waals surface area contributed by atoms with Gasteiger partial charge in [0.1, 0.15) is 0 Å². The summed E-state index contributed by atoms with van der Waals surface area (Å²) < 4.78 is 0. The lowest BCUT2D eigenvalue weighted by Gasteiger charge is -2.03. The normalized spacial score (nSPS) is 9.92. The highest BCUT2D eigenvalue weighted by atomic mass is 16.4. The van der Waals surface area contributed by atoms with E-state index in [0.29, 0.717) is 5.69 Å². The average molecular weight is 179 g/mol. The Labute approximate surface area is 77.2 Å². The monoisotopic (exact) mass is 179 g/mol. The summed E-state index contributed by atoms with van der Waals surface area (Å²) in [6.45, 7) is 2.07. The van der Waals surface area contributed by atoms with Crippen LogP contribution < -0.4 is 5.73 Å². The van der Waals surface area contributed by atoms with Gasteiger partial charge in [-0.3, -0.25) is 0 Å². The molecule has 0 saturated carbocycles. The number of carboxylic acids is 1. The molecule has 70 valence electrons. The molecular formula is C10H13NO2. The first kappa shape index (κ1) is 9.58. The zero-order valence-corrected chi connectivity index (χ0v) is 7.58. The van der Waals surface area contributed by atoms with E-state index >= 15 is 0 Å². The van der Waals surface area contributed by atoms with E-state index in [9.17, 15) is 4.79 Å². The van der Waals surface area contributed by atoms with Crippen molar-refractivity contribution in [2.75, 3.05) is 5.73 Å². The standard InChI is InChI=1S/C10H13NO2/c1-2-3-7-4-5-8(10(12)13)9(11)6-7/h4-6H,2-3,11H2,1H3,(H,12,13). The van der Waals surface area contributed by atoms with E-state index in [1.54, 1.807) is 12.1 Å². The lowest BCUT2D eigenvalue weighted by Crippen LogP contribution is -2.02. The fourth-order valence-corrected chi connectivity index (χ4v) is 1.25. The van der Waals surface area contributed by atoms with Gasteiger partial charge in [0.25, 0.3) is 0 Å². The van der Waals surface area contributed by atoms with Crippen molar-refractivity contribution in [1.82, 2.24) is 0 Å². The van der Waals surface area contributed by atoms with E-state index < -0.39 is 5.97 Å². The Morgan fingerprint density at radius 1 is 1.54 bits per heavy atom. The lowest BCUT2D eigenvalue weighted by molar-refractivity contribution is 0.0698. The molecule has 1 aromatic carbocycles. The maximum Gasteiger partial charge on any atom is 0.337 e. The van der Waals surface area contributed by atoms with Gasteiger partial charge in [0.15, 0.2) is 0 Å². The van der Waals surface area contributed by atoms with Crippen molar-refractivity contribution in [2.24, 2.45) is 0 Å². The van der Waals surface area contributed by atoms with Crippen molar-refractivity contribution >= 4 is 11.7 Å². The van der Waals surface area contributed by atoms with Gasteiger partial charge in [-0.2, -0.15) is 0 Å². The molecule has 1 rings (SSSR count). The van der Waals surface area contributed by atoms with Gasteiger partial charge in [-0.05, 0) is 24.1 Å². The SMILES string of the molecule is CCCc1ccc(C(=O)O)c(N)c1. The summed E-state index contributed by atoms with van der Waals surface area (Å²) in [5, 5.41) is 8.71. The summed E-state index contributed by atoms with van der Waals surface area (Å²) in [5.74, 6) is -0.972. The number of carboxylic acid groups (broad SMARTS) is 1.